The normalized spacial score (nSPS) is 14.2. The summed E-state index contributed by atoms with van der Waals surface area (Å²) in [5.41, 5.74) is 3.73. The Kier molecular flexibility index (Phi) is 6.16. The number of carbonyl (C=O) groups is 1. The third-order valence-electron chi connectivity index (χ3n) is 3.64. The highest BCUT2D eigenvalue weighted by Crippen LogP contribution is 2.31. The van der Waals surface area contributed by atoms with Crippen LogP contribution in [0, 0.1) is 0 Å². The van der Waals surface area contributed by atoms with Crippen LogP contribution in [-0.2, 0) is 11.2 Å². The van der Waals surface area contributed by atoms with Gasteiger partial charge in [0.25, 0.3) is 0 Å². The molecule has 0 saturated carbocycles. The second-order valence-electron chi connectivity index (χ2n) is 5.03. The van der Waals surface area contributed by atoms with Gasteiger partial charge in [0, 0.05) is 12.2 Å². The van der Waals surface area contributed by atoms with Gasteiger partial charge in [-0.05, 0) is 36.0 Å². The van der Waals surface area contributed by atoms with E-state index in [1.807, 2.05) is 0 Å². The highest BCUT2D eigenvalue weighted by molar-refractivity contribution is 5.85. The van der Waals surface area contributed by atoms with Gasteiger partial charge in [0.2, 0.25) is 0 Å². The van der Waals surface area contributed by atoms with Gasteiger partial charge in [0.1, 0.15) is 0 Å². The van der Waals surface area contributed by atoms with E-state index in [0.29, 0.717) is 0 Å². The van der Waals surface area contributed by atoms with Crippen LogP contribution in [0.5, 0.6) is 0 Å². The smallest absolute Gasteiger partial charge is 0.303 e. The predicted octanol–water partition coefficient (Wildman–Crippen LogP) is 3.82. The van der Waals surface area contributed by atoms with Gasteiger partial charge in [-0.15, -0.1) is 12.4 Å². The van der Waals surface area contributed by atoms with Crippen LogP contribution in [0.3, 0.4) is 0 Å². The Morgan fingerprint density at radius 3 is 2.95 bits per heavy atom. The minimum Gasteiger partial charge on any atom is -0.481 e. The predicted molar refractivity (Wildman–Crippen MR) is 80.4 cm³/mol. The molecule has 2 rings (SSSR count). The number of carboxylic acid groups (broad SMARTS) is 1. The molecule has 1 heterocycles. The number of aliphatic carboxylic acids is 1. The van der Waals surface area contributed by atoms with Gasteiger partial charge in [0.15, 0.2) is 0 Å². The van der Waals surface area contributed by atoms with Gasteiger partial charge in [-0.3, -0.25) is 4.79 Å². The number of halogens is 1. The number of fused-ring (bicyclic) bond motifs is 1. The van der Waals surface area contributed by atoms with E-state index in [-0.39, 0.29) is 24.7 Å². The molecule has 1 atom stereocenters. The van der Waals surface area contributed by atoms with Crippen molar-refractivity contribution in [2.45, 2.75) is 44.9 Å². The van der Waals surface area contributed by atoms with Crippen LogP contribution in [0.1, 0.15) is 49.7 Å². The van der Waals surface area contributed by atoms with Gasteiger partial charge in [0.05, 0.1) is 6.42 Å². The molecule has 0 aromatic heterocycles. The first-order chi connectivity index (χ1) is 8.70. The van der Waals surface area contributed by atoms with Gasteiger partial charge in [-0.2, -0.15) is 0 Å². The van der Waals surface area contributed by atoms with E-state index in [1.54, 1.807) is 0 Å². The molecule has 0 aliphatic carbocycles. The Hall–Kier alpha value is -1.22. The molecule has 4 heteroatoms. The van der Waals surface area contributed by atoms with Crippen molar-refractivity contribution in [2.75, 3.05) is 11.9 Å². The van der Waals surface area contributed by atoms with E-state index >= 15 is 0 Å². The monoisotopic (exact) mass is 283 g/mol. The highest BCUT2D eigenvalue weighted by Gasteiger charge is 2.18. The lowest BCUT2D eigenvalue weighted by atomic mass is 9.89. The molecular weight excluding hydrogens is 262 g/mol. The van der Waals surface area contributed by atoms with Crippen molar-refractivity contribution in [1.82, 2.24) is 0 Å². The third kappa shape index (κ3) is 4.13. The van der Waals surface area contributed by atoms with Crippen LogP contribution in [0.4, 0.5) is 5.69 Å². The van der Waals surface area contributed by atoms with Gasteiger partial charge in [-0.1, -0.05) is 31.9 Å². The lowest BCUT2D eigenvalue weighted by molar-refractivity contribution is -0.137. The molecule has 1 aromatic rings. The Balaban J connectivity index is 0.00000180. The molecule has 1 aromatic carbocycles. The largest absolute Gasteiger partial charge is 0.481 e. The molecule has 3 nitrogen and oxygen atoms in total. The van der Waals surface area contributed by atoms with E-state index in [0.717, 1.165) is 32.2 Å². The zero-order valence-corrected chi connectivity index (χ0v) is 12.1. The number of hydrogen-bond donors (Lipinski definition) is 2. The molecule has 1 unspecified atom stereocenters. The molecule has 2 N–H and O–H groups in total. The average molecular weight is 284 g/mol. The van der Waals surface area contributed by atoms with Crippen LogP contribution >= 0.6 is 12.4 Å². The third-order valence-corrected chi connectivity index (χ3v) is 3.64. The Morgan fingerprint density at radius 1 is 1.47 bits per heavy atom. The van der Waals surface area contributed by atoms with E-state index < -0.39 is 5.97 Å². The van der Waals surface area contributed by atoms with E-state index in [1.165, 1.54) is 16.8 Å². The lowest BCUT2D eigenvalue weighted by Crippen LogP contribution is -2.07. The molecule has 106 valence electrons. The molecular formula is C15H22ClNO2. The quantitative estimate of drug-likeness (QED) is 0.834. The summed E-state index contributed by atoms with van der Waals surface area (Å²) in [6, 6.07) is 6.37. The number of anilines is 1. The summed E-state index contributed by atoms with van der Waals surface area (Å²) in [6.45, 7) is 3.14. The molecule has 0 radical (unpaired) electrons. The molecule has 0 fully saturated rings. The maximum absolute atomic E-state index is 11.0. The Morgan fingerprint density at radius 2 is 2.26 bits per heavy atom. The van der Waals surface area contributed by atoms with E-state index in [9.17, 15) is 4.79 Å². The molecule has 0 amide bonds. The summed E-state index contributed by atoms with van der Waals surface area (Å²) in [7, 11) is 0. The van der Waals surface area contributed by atoms with Gasteiger partial charge < -0.3 is 10.4 Å². The van der Waals surface area contributed by atoms with E-state index in [4.69, 9.17) is 5.11 Å². The first-order valence-electron chi connectivity index (χ1n) is 6.79. The highest BCUT2D eigenvalue weighted by atomic mass is 35.5. The van der Waals surface area contributed by atoms with Crippen LogP contribution in [0.25, 0.3) is 0 Å². The number of rotatable bonds is 6. The molecule has 1 aliphatic heterocycles. The van der Waals surface area contributed by atoms with Crippen LogP contribution in [-0.4, -0.2) is 17.6 Å². The fourth-order valence-corrected chi connectivity index (χ4v) is 2.63. The SMILES string of the molecule is CCCCC(CC(=O)O)c1ccc2c(c1)CCN2.Cl. The Labute approximate surface area is 120 Å². The van der Waals surface area contributed by atoms with Crippen molar-refractivity contribution in [3.63, 3.8) is 0 Å². The Bertz CT molecular complexity index is 434. The van der Waals surface area contributed by atoms with Crippen LogP contribution < -0.4 is 5.32 Å². The lowest BCUT2D eigenvalue weighted by Gasteiger charge is -2.16. The van der Waals surface area contributed by atoms with Gasteiger partial charge >= 0.3 is 5.97 Å². The second-order valence-corrected chi connectivity index (χ2v) is 5.03. The first-order valence-corrected chi connectivity index (χ1v) is 6.79. The molecule has 0 bridgehead atoms. The summed E-state index contributed by atoms with van der Waals surface area (Å²) >= 11 is 0. The zero-order valence-electron chi connectivity index (χ0n) is 11.3. The number of carboxylic acids is 1. The first kappa shape index (κ1) is 15.8. The van der Waals surface area contributed by atoms with Crippen LogP contribution in [0.2, 0.25) is 0 Å². The number of nitrogens with one attached hydrogen (secondary N) is 1. The van der Waals surface area contributed by atoms with Crippen LogP contribution in [0.15, 0.2) is 18.2 Å². The van der Waals surface area contributed by atoms with Crippen molar-refractivity contribution >= 4 is 24.1 Å². The average Bonchev–Trinajstić information content (AvgIpc) is 2.81. The summed E-state index contributed by atoms with van der Waals surface area (Å²) in [6.07, 6.45) is 4.47. The molecule has 19 heavy (non-hydrogen) atoms. The summed E-state index contributed by atoms with van der Waals surface area (Å²) in [4.78, 5) is 11.0. The summed E-state index contributed by atoms with van der Waals surface area (Å²) in [5, 5.41) is 12.4. The molecule has 1 aliphatic rings. The summed E-state index contributed by atoms with van der Waals surface area (Å²) in [5.74, 6) is -0.539. The maximum Gasteiger partial charge on any atom is 0.303 e. The maximum atomic E-state index is 11.0. The van der Waals surface area contributed by atoms with Crippen molar-refractivity contribution < 1.29 is 9.90 Å². The number of unbranched alkanes of at least 4 members (excludes halogenated alkanes) is 1. The molecule has 0 spiro atoms. The fourth-order valence-electron chi connectivity index (χ4n) is 2.63. The second kappa shape index (κ2) is 7.39. The van der Waals surface area contributed by atoms with E-state index in [2.05, 4.69) is 30.4 Å². The number of benzene rings is 1. The van der Waals surface area contributed by atoms with Crippen molar-refractivity contribution in [3.05, 3.63) is 29.3 Å². The zero-order chi connectivity index (χ0) is 13.0. The van der Waals surface area contributed by atoms with Gasteiger partial charge in [-0.25, -0.2) is 0 Å². The minimum atomic E-state index is -0.699. The minimum absolute atomic E-state index is 0. The van der Waals surface area contributed by atoms with Crippen molar-refractivity contribution in [1.29, 1.82) is 0 Å². The standard InChI is InChI=1S/C15H21NO2.ClH/c1-2-3-4-11(10-15(17)18)12-5-6-14-13(9-12)7-8-16-14;/h5-6,9,11,16H,2-4,7-8,10H2,1H3,(H,17,18);1H. The molecule has 0 saturated heterocycles. The van der Waals surface area contributed by atoms with Crippen molar-refractivity contribution in [3.8, 4) is 0 Å². The topological polar surface area (TPSA) is 49.3 Å². The number of hydrogen-bond acceptors (Lipinski definition) is 2. The summed E-state index contributed by atoms with van der Waals surface area (Å²) < 4.78 is 0. The fraction of sp³-hybridized carbons (Fsp3) is 0.533. The van der Waals surface area contributed by atoms with Crippen molar-refractivity contribution in [2.24, 2.45) is 0 Å².